The monoisotopic (exact) mass is 515 g/mol. The van der Waals surface area contributed by atoms with E-state index in [1.807, 2.05) is 12.1 Å². The minimum absolute atomic E-state index is 0.0246. The highest BCUT2D eigenvalue weighted by molar-refractivity contribution is 5.79. The molecule has 1 heterocycles. The molecular formula is C30H38F2N2O3. The van der Waals surface area contributed by atoms with Gasteiger partial charge in [-0.05, 0) is 80.1 Å². The van der Waals surface area contributed by atoms with Crippen molar-refractivity contribution >= 4 is 11.5 Å². The van der Waals surface area contributed by atoms with Crippen LogP contribution >= 0.6 is 0 Å². The molecule has 0 aromatic heterocycles. The zero-order chi connectivity index (χ0) is 29.2. The summed E-state index contributed by atoms with van der Waals surface area (Å²) in [6.07, 6.45) is 1.52. The molecule has 0 spiro atoms. The van der Waals surface area contributed by atoms with Crippen molar-refractivity contribution in [3.8, 4) is 5.75 Å². The summed E-state index contributed by atoms with van der Waals surface area (Å²) in [5.74, 6) is -1.50. The van der Waals surface area contributed by atoms with Gasteiger partial charge in [0, 0.05) is 35.4 Å². The number of carboxylic acid groups (broad SMARTS) is 1. The number of likely N-dealkylation sites (N-methyl/N-ethyl adjacent to an activating group) is 1. The molecule has 2 aromatic rings. The number of aliphatic carboxylic acids is 1. The highest BCUT2D eigenvalue weighted by atomic mass is 19.1. The second-order valence-electron chi connectivity index (χ2n) is 10.2. The molecule has 5 nitrogen and oxygen atoms in total. The van der Waals surface area contributed by atoms with Crippen LogP contribution in [0.25, 0.3) is 5.57 Å². The first kappa shape index (κ1) is 23.4. The minimum atomic E-state index is -2.37. The number of hydrogen-bond donors (Lipinski definition) is 1. The lowest BCUT2D eigenvalue weighted by atomic mass is 9.83. The molecular weight excluding hydrogens is 474 g/mol. The topological polar surface area (TPSA) is 53.0 Å². The molecule has 3 atom stereocenters. The fraction of sp³-hybridized carbons (Fsp3) is 0.500. The number of halogens is 2. The third-order valence-electron chi connectivity index (χ3n) is 7.61. The van der Waals surface area contributed by atoms with Gasteiger partial charge in [-0.2, -0.15) is 0 Å². The van der Waals surface area contributed by atoms with E-state index in [-0.39, 0.29) is 38.7 Å². The molecule has 0 amide bonds. The largest absolute Gasteiger partial charge is 0.492 e. The van der Waals surface area contributed by atoms with Gasteiger partial charge < -0.3 is 14.7 Å². The molecule has 0 saturated carbocycles. The van der Waals surface area contributed by atoms with Gasteiger partial charge in [-0.25, -0.2) is 4.39 Å². The Morgan fingerprint density at radius 2 is 2.08 bits per heavy atom. The second kappa shape index (κ2) is 11.7. The van der Waals surface area contributed by atoms with Crippen LogP contribution in [0, 0.1) is 18.7 Å². The van der Waals surface area contributed by atoms with E-state index in [2.05, 4.69) is 24.0 Å². The van der Waals surface area contributed by atoms with Crippen LogP contribution in [0.5, 0.6) is 5.75 Å². The van der Waals surface area contributed by atoms with Crippen molar-refractivity contribution in [2.75, 3.05) is 39.9 Å². The molecule has 2 aliphatic rings. The van der Waals surface area contributed by atoms with E-state index in [1.165, 1.54) is 27.7 Å². The molecule has 0 bridgehead atoms. The molecule has 0 radical (unpaired) electrons. The molecule has 0 saturated heterocycles. The van der Waals surface area contributed by atoms with Crippen molar-refractivity contribution < 1.29 is 27.5 Å². The summed E-state index contributed by atoms with van der Waals surface area (Å²) in [6, 6.07) is 10.6. The van der Waals surface area contributed by atoms with Crippen LogP contribution in [0.15, 0.2) is 42.0 Å². The zero-order valence-corrected chi connectivity index (χ0v) is 21.8. The maximum atomic E-state index is 15.8. The second-order valence-corrected chi connectivity index (χ2v) is 10.2. The van der Waals surface area contributed by atoms with E-state index in [0.717, 1.165) is 12.0 Å². The maximum Gasteiger partial charge on any atom is 0.307 e. The van der Waals surface area contributed by atoms with Crippen molar-refractivity contribution in [2.45, 2.75) is 52.1 Å². The molecule has 1 aliphatic heterocycles. The van der Waals surface area contributed by atoms with Gasteiger partial charge in [0.1, 0.15) is 18.2 Å². The third kappa shape index (κ3) is 5.73. The molecule has 37 heavy (non-hydrogen) atoms. The van der Waals surface area contributed by atoms with Crippen LogP contribution in [0.2, 0.25) is 0 Å². The fourth-order valence-electron chi connectivity index (χ4n) is 5.64. The lowest BCUT2D eigenvalue weighted by Crippen LogP contribution is -2.45. The number of ether oxygens (including phenoxy) is 1. The Labute approximate surface area is 222 Å². The molecule has 1 N–H and O–H groups in total. The van der Waals surface area contributed by atoms with Gasteiger partial charge >= 0.3 is 5.97 Å². The first-order valence-electron chi connectivity index (χ1n) is 14.5. The predicted molar refractivity (Wildman–Crippen MR) is 142 cm³/mol. The first-order chi connectivity index (χ1) is 18.9. The summed E-state index contributed by atoms with van der Waals surface area (Å²) in [6.45, 7) is 2.99. The smallest absolute Gasteiger partial charge is 0.307 e. The Morgan fingerprint density at radius 1 is 1.30 bits per heavy atom. The Balaban J connectivity index is 1.69. The lowest BCUT2D eigenvalue weighted by molar-refractivity contribution is -0.142. The van der Waals surface area contributed by atoms with Crippen LogP contribution in [-0.4, -0.2) is 66.8 Å². The average molecular weight is 516 g/mol. The van der Waals surface area contributed by atoms with E-state index in [0.29, 0.717) is 23.3 Å². The van der Waals surface area contributed by atoms with Gasteiger partial charge in [-0.15, -0.1) is 0 Å². The van der Waals surface area contributed by atoms with Crippen molar-refractivity contribution in [3.05, 3.63) is 70.0 Å². The average Bonchev–Trinajstić information content (AvgIpc) is 3.26. The van der Waals surface area contributed by atoms with Crippen molar-refractivity contribution in [1.82, 2.24) is 9.80 Å². The number of carbonyl (C=O) groups is 1. The minimum Gasteiger partial charge on any atom is -0.492 e. The van der Waals surface area contributed by atoms with Gasteiger partial charge in [0.15, 0.2) is 0 Å². The Bertz CT molecular complexity index is 1270. The number of benzene rings is 2. The number of fused-ring (bicyclic) bond motifs is 2. The summed E-state index contributed by atoms with van der Waals surface area (Å²) < 4.78 is 57.6. The number of alkyl halides is 1. The first-order valence-corrected chi connectivity index (χ1v) is 13.0. The van der Waals surface area contributed by atoms with Gasteiger partial charge in [-0.3, -0.25) is 14.1 Å². The molecule has 0 unspecified atom stereocenters. The lowest BCUT2D eigenvalue weighted by Gasteiger charge is -2.43. The normalized spacial score (nSPS) is 21.7. The summed E-state index contributed by atoms with van der Waals surface area (Å²) in [5, 5.41) is 9.69. The molecule has 0 fully saturated rings. The SMILES string of the molecule is [2H]C([2H])([2H])N(CCCF)CCOc1ccc(F)c([C@@H]2C3=C(C[C@@H](C)N2C[C@H](C)C(=O)O)c2ccccc2C3)c1C. The highest BCUT2D eigenvalue weighted by Crippen LogP contribution is 2.50. The van der Waals surface area contributed by atoms with Crippen molar-refractivity contribution in [3.63, 3.8) is 0 Å². The van der Waals surface area contributed by atoms with Crippen molar-refractivity contribution in [2.24, 2.45) is 5.92 Å². The van der Waals surface area contributed by atoms with Crippen molar-refractivity contribution in [1.29, 1.82) is 0 Å². The molecule has 4 rings (SSSR count). The number of nitrogens with zero attached hydrogens (tertiary/aromatic N) is 2. The summed E-state index contributed by atoms with van der Waals surface area (Å²) in [5.41, 5.74) is 5.67. The van der Waals surface area contributed by atoms with E-state index >= 15 is 4.39 Å². The number of rotatable bonds is 11. The van der Waals surface area contributed by atoms with Crippen LogP contribution in [0.1, 0.15) is 59.1 Å². The predicted octanol–water partition coefficient (Wildman–Crippen LogP) is 5.67. The standard InChI is InChI=1S/C30H38F2N2O3/c1-19(30(35)36)18-34-20(2)16-24-23-9-6-5-8-22(23)17-25(24)29(34)28-21(3)27(11-10-26(28)32)37-15-14-33(4)13-7-12-31/h5-6,8-11,19-20,29H,7,12-18H2,1-4H3,(H,35,36)/t19-,20+,29-/m0/s1/i4D3. The van der Waals surface area contributed by atoms with Gasteiger partial charge in [-0.1, -0.05) is 31.2 Å². The van der Waals surface area contributed by atoms with Gasteiger partial charge in [0.25, 0.3) is 0 Å². The van der Waals surface area contributed by atoms with E-state index in [1.54, 1.807) is 19.9 Å². The molecule has 7 heteroatoms. The van der Waals surface area contributed by atoms with Gasteiger partial charge in [0.05, 0.1) is 18.6 Å². The van der Waals surface area contributed by atoms with Crippen LogP contribution in [0.3, 0.4) is 0 Å². The fourth-order valence-corrected chi connectivity index (χ4v) is 5.64. The maximum absolute atomic E-state index is 15.8. The van der Waals surface area contributed by atoms with E-state index in [9.17, 15) is 14.3 Å². The summed E-state index contributed by atoms with van der Waals surface area (Å²) >= 11 is 0. The quantitative estimate of drug-likeness (QED) is 0.418. The van der Waals surface area contributed by atoms with Crippen LogP contribution in [0.4, 0.5) is 8.78 Å². The van der Waals surface area contributed by atoms with Crippen LogP contribution in [-0.2, 0) is 11.2 Å². The van der Waals surface area contributed by atoms with E-state index < -0.39 is 37.4 Å². The van der Waals surface area contributed by atoms with E-state index in [4.69, 9.17) is 8.85 Å². The number of carboxylic acids is 1. The van der Waals surface area contributed by atoms with Gasteiger partial charge in [0.2, 0.25) is 0 Å². The zero-order valence-electron chi connectivity index (χ0n) is 24.8. The molecule has 200 valence electrons. The summed E-state index contributed by atoms with van der Waals surface area (Å²) in [7, 11) is 0. The highest BCUT2D eigenvalue weighted by Gasteiger charge is 2.41. The summed E-state index contributed by atoms with van der Waals surface area (Å²) in [4.78, 5) is 15.1. The Hall–Kier alpha value is -2.77. The molecule has 1 aliphatic carbocycles. The van der Waals surface area contributed by atoms with Crippen LogP contribution < -0.4 is 4.74 Å². The Morgan fingerprint density at radius 3 is 2.81 bits per heavy atom. The molecule has 2 aromatic carbocycles. The Kier molecular flexibility index (Phi) is 7.41. The third-order valence-corrected chi connectivity index (χ3v) is 7.61. The number of hydrogen-bond acceptors (Lipinski definition) is 4.